The second-order valence-corrected chi connectivity index (χ2v) is 7.27. The van der Waals surface area contributed by atoms with E-state index in [2.05, 4.69) is 25.1 Å². The number of hydrogen-bond acceptors (Lipinski definition) is 7. The average molecular weight is 305 g/mol. The van der Waals surface area contributed by atoms with E-state index in [4.69, 9.17) is 0 Å². The Balaban J connectivity index is 1.83. The van der Waals surface area contributed by atoms with Crippen LogP contribution in [0.15, 0.2) is 0 Å². The number of aromatic nitrogens is 2. The van der Waals surface area contributed by atoms with Gasteiger partial charge in [-0.15, -0.1) is 10.2 Å². The maximum Gasteiger partial charge on any atom is 0.235 e. The first kappa shape index (κ1) is 14.6. The molecule has 0 saturated carbocycles. The van der Waals surface area contributed by atoms with Gasteiger partial charge in [-0.1, -0.05) is 18.3 Å². The van der Waals surface area contributed by atoms with Crippen LogP contribution in [0.25, 0.3) is 0 Å². The van der Waals surface area contributed by atoms with Crippen molar-refractivity contribution in [2.75, 3.05) is 43.2 Å². The van der Waals surface area contributed by atoms with Crippen molar-refractivity contribution in [2.45, 2.75) is 13.3 Å². The number of piperazine rings is 1. The third-order valence-corrected chi connectivity index (χ3v) is 5.23. The molecule has 9 heteroatoms. The van der Waals surface area contributed by atoms with Crippen molar-refractivity contribution in [2.24, 2.45) is 0 Å². The third kappa shape index (κ3) is 4.68. The highest BCUT2D eigenvalue weighted by molar-refractivity contribution is 7.92. The molecule has 1 aromatic rings. The SMILES string of the molecule is CCc1nnc(NS(=O)(=O)CCN2CCNCC2)s1. The zero-order chi connectivity index (χ0) is 13.7. The van der Waals surface area contributed by atoms with Crippen LogP contribution in [0.5, 0.6) is 0 Å². The zero-order valence-electron chi connectivity index (χ0n) is 10.9. The lowest BCUT2D eigenvalue weighted by Gasteiger charge is -2.26. The lowest BCUT2D eigenvalue weighted by Crippen LogP contribution is -2.45. The van der Waals surface area contributed by atoms with Crippen LogP contribution >= 0.6 is 11.3 Å². The van der Waals surface area contributed by atoms with Gasteiger partial charge in [0.2, 0.25) is 15.2 Å². The van der Waals surface area contributed by atoms with E-state index < -0.39 is 10.0 Å². The van der Waals surface area contributed by atoms with Gasteiger partial charge in [-0.3, -0.25) is 9.62 Å². The van der Waals surface area contributed by atoms with Crippen molar-refractivity contribution in [1.82, 2.24) is 20.4 Å². The lowest BCUT2D eigenvalue weighted by molar-refractivity contribution is 0.254. The van der Waals surface area contributed by atoms with Gasteiger partial charge in [-0.25, -0.2) is 8.42 Å². The Kier molecular flexibility index (Phi) is 5.08. The van der Waals surface area contributed by atoms with E-state index in [9.17, 15) is 8.42 Å². The van der Waals surface area contributed by atoms with Crippen LogP contribution in [0.3, 0.4) is 0 Å². The summed E-state index contributed by atoms with van der Waals surface area (Å²) >= 11 is 1.29. The summed E-state index contributed by atoms with van der Waals surface area (Å²) in [6, 6.07) is 0. The van der Waals surface area contributed by atoms with E-state index in [1.807, 2.05) is 6.92 Å². The van der Waals surface area contributed by atoms with Crippen molar-refractivity contribution >= 4 is 26.5 Å². The molecule has 0 spiro atoms. The van der Waals surface area contributed by atoms with Crippen LogP contribution in [0.1, 0.15) is 11.9 Å². The van der Waals surface area contributed by atoms with Gasteiger partial charge in [0.25, 0.3) is 0 Å². The van der Waals surface area contributed by atoms with Crippen LogP contribution in [0, 0.1) is 0 Å². The van der Waals surface area contributed by atoms with E-state index in [-0.39, 0.29) is 5.75 Å². The summed E-state index contributed by atoms with van der Waals surface area (Å²) in [7, 11) is -3.33. The van der Waals surface area contributed by atoms with E-state index in [1.54, 1.807) is 0 Å². The highest BCUT2D eigenvalue weighted by Crippen LogP contribution is 2.16. The molecule has 1 fully saturated rings. The van der Waals surface area contributed by atoms with Crippen molar-refractivity contribution in [3.05, 3.63) is 5.01 Å². The number of anilines is 1. The summed E-state index contributed by atoms with van der Waals surface area (Å²) in [5.41, 5.74) is 0. The van der Waals surface area contributed by atoms with Gasteiger partial charge in [0.1, 0.15) is 5.01 Å². The Morgan fingerprint density at radius 2 is 2.11 bits per heavy atom. The largest absolute Gasteiger partial charge is 0.314 e. The molecule has 108 valence electrons. The predicted molar refractivity (Wildman–Crippen MR) is 76.0 cm³/mol. The minimum Gasteiger partial charge on any atom is -0.314 e. The quantitative estimate of drug-likeness (QED) is 0.753. The van der Waals surface area contributed by atoms with E-state index in [0.717, 1.165) is 37.6 Å². The predicted octanol–water partition coefficient (Wildman–Crippen LogP) is -0.253. The van der Waals surface area contributed by atoms with Crippen molar-refractivity contribution < 1.29 is 8.42 Å². The lowest BCUT2D eigenvalue weighted by atomic mass is 10.4. The minimum absolute atomic E-state index is 0.0913. The van der Waals surface area contributed by atoms with Crippen LogP contribution < -0.4 is 10.0 Å². The summed E-state index contributed by atoms with van der Waals surface area (Å²) in [6.45, 7) is 6.15. The van der Waals surface area contributed by atoms with Gasteiger partial charge >= 0.3 is 0 Å². The Hall–Kier alpha value is -0.770. The summed E-state index contributed by atoms with van der Waals surface area (Å²) in [5, 5.41) is 12.1. The Labute approximate surface area is 117 Å². The van der Waals surface area contributed by atoms with Gasteiger partial charge in [0.05, 0.1) is 5.75 Å². The number of nitrogens with one attached hydrogen (secondary N) is 2. The first-order chi connectivity index (χ1) is 9.09. The molecule has 19 heavy (non-hydrogen) atoms. The summed E-state index contributed by atoms with van der Waals surface area (Å²) < 4.78 is 26.3. The fourth-order valence-electron chi connectivity index (χ4n) is 1.81. The molecule has 2 rings (SSSR count). The number of nitrogens with zero attached hydrogens (tertiary/aromatic N) is 3. The molecule has 0 aliphatic carbocycles. The van der Waals surface area contributed by atoms with Crippen molar-refractivity contribution in [3.8, 4) is 0 Å². The molecule has 1 aliphatic rings. The molecule has 0 aromatic carbocycles. The number of rotatable bonds is 6. The molecule has 2 heterocycles. The molecule has 0 amide bonds. The zero-order valence-corrected chi connectivity index (χ0v) is 12.6. The van der Waals surface area contributed by atoms with Gasteiger partial charge < -0.3 is 5.32 Å². The van der Waals surface area contributed by atoms with Gasteiger partial charge in [0.15, 0.2) is 0 Å². The van der Waals surface area contributed by atoms with E-state index >= 15 is 0 Å². The molecule has 0 unspecified atom stereocenters. The third-order valence-electron chi connectivity index (χ3n) is 2.90. The molecule has 0 radical (unpaired) electrons. The van der Waals surface area contributed by atoms with Crippen molar-refractivity contribution in [1.29, 1.82) is 0 Å². The number of aryl methyl sites for hydroxylation is 1. The molecule has 1 aliphatic heterocycles. The van der Waals surface area contributed by atoms with Gasteiger partial charge in [0, 0.05) is 32.7 Å². The van der Waals surface area contributed by atoms with Gasteiger partial charge in [-0.05, 0) is 6.42 Å². The van der Waals surface area contributed by atoms with Crippen LogP contribution in [0.2, 0.25) is 0 Å². The average Bonchev–Trinajstić information content (AvgIpc) is 2.85. The van der Waals surface area contributed by atoms with Crippen LogP contribution in [-0.4, -0.2) is 62.0 Å². The first-order valence-electron chi connectivity index (χ1n) is 6.35. The first-order valence-corrected chi connectivity index (χ1v) is 8.82. The molecular formula is C10H19N5O2S2. The molecule has 2 N–H and O–H groups in total. The fourth-order valence-corrected chi connectivity index (χ4v) is 3.79. The maximum absolute atomic E-state index is 11.9. The number of hydrogen-bond donors (Lipinski definition) is 2. The summed E-state index contributed by atoms with van der Waals surface area (Å²) in [5.74, 6) is 0.0913. The van der Waals surface area contributed by atoms with Crippen LogP contribution in [-0.2, 0) is 16.4 Å². The highest BCUT2D eigenvalue weighted by Gasteiger charge is 2.17. The minimum atomic E-state index is -3.33. The molecule has 1 saturated heterocycles. The molecule has 0 atom stereocenters. The monoisotopic (exact) mass is 305 g/mol. The molecule has 0 bridgehead atoms. The molecule has 1 aromatic heterocycles. The van der Waals surface area contributed by atoms with Crippen molar-refractivity contribution in [3.63, 3.8) is 0 Å². The highest BCUT2D eigenvalue weighted by atomic mass is 32.2. The second-order valence-electron chi connectivity index (χ2n) is 4.37. The Morgan fingerprint density at radius 1 is 1.37 bits per heavy atom. The van der Waals surface area contributed by atoms with Gasteiger partial charge in [-0.2, -0.15) is 0 Å². The smallest absolute Gasteiger partial charge is 0.235 e. The maximum atomic E-state index is 11.9. The number of sulfonamides is 1. The van der Waals surface area contributed by atoms with E-state index in [1.165, 1.54) is 11.3 Å². The summed E-state index contributed by atoms with van der Waals surface area (Å²) in [6.07, 6.45) is 0.764. The van der Waals surface area contributed by atoms with E-state index in [0.29, 0.717) is 11.7 Å². The fraction of sp³-hybridized carbons (Fsp3) is 0.800. The molecule has 7 nitrogen and oxygen atoms in total. The normalized spacial score (nSPS) is 17.5. The topological polar surface area (TPSA) is 87.2 Å². The second kappa shape index (κ2) is 6.60. The Bertz CT molecular complexity index is 496. The van der Waals surface area contributed by atoms with Crippen LogP contribution in [0.4, 0.5) is 5.13 Å². The standard InChI is InChI=1S/C10H19N5O2S2/c1-2-9-12-13-10(18-9)14-19(16,17)8-7-15-5-3-11-4-6-15/h11H,2-8H2,1H3,(H,13,14). The Morgan fingerprint density at radius 3 is 2.74 bits per heavy atom. The summed E-state index contributed by atoms with van der Waals surface area (Å²) in [4.78, 5) is 2.15. The molecular weight excluding hydrogens is 286 g/mol.